The average molecular weight is 520 g/mol. The Kier molecular flexibility index (Phi) is 14.6. The summed E-state index contributed by atoms with van der Waals surface area (Å²) in [5.41, 5.74) is -0.236. The molecular formula is C24H31F6N5O. The van der Waals surface area contributed by atoms with Crippen molar-refractivity contribution in [3.63, 3.8) is 0 Å². The Balaban J connectivity index is 0.00000291. The Hall–Kier alpha value is -3.57. The summed E-state index contributed by atoms with van der Waals surface area (Å²) in [5.74, 6) is -0.462. The average Bonchev–Trinajstić information content (AvgIpc) is 2.84. The second-order valence-corrected chi connectivity index (χ2v) is 6.20. The van der Waals surface area contributed by atoms with Gasteiger partial charge in [-0.3, -0.25) is 0 Å². The Bertz CT molecular complexity index is 988. The summed E-state index contributed by atoms with van der Waals surface area (Å²) in [7, 11) is 0. The molecule has 0 fully saturated rings. The van der Waals surface area contributed by atoms with Crippen molar-refractivity contribution >= 4 is 17.6 Å². The second kappa shape index (κ2) is 16.2. The van der Waals surface area contributed by atoms with Gasteiger partial charge < -0.3 is 15.4 Å². The van der Waals surface area contributed by atoms with E-state index in [0.717, 1.165) is 18.2 Å². The maximum Gasteiger partial charge on any atom is 0.422 e. The van der Waals surface area contributed by atoms with Gasteiger partial charge in [-0.05, 0) is 30.7 Å². The number of hydrogen-bond donors (Lipinski definition) is 2. The van der Waals surface area contributed by atoms with E-state index in [1.807, 2.05) is 34.6 Å². The Morgan fingerprint density at radius 1 is 1.00 bits per heavy atom. The first kappa shape index (κ1) is 32.4. The van der Waals surface area contributed by atoms with Gasteiger partial charge in [0.1, 0.15) is 0 Å². The van der Waals surface area contributed by atoms with Gasteiger partial charge in [0, 0.05) is 12.2 Å². The first-order valence-corrected chi connectivity index (χ1v) is 11.1. The van der Waals surface area contributed by atoms with Crippen LogP contribution >= 0.6 is 0 Å². The molecule has 0 aliphatic carbocycles. The highest BCUT2D eigenvalue weighted by molar-refractivity contribution is 5.56. The number of anilines is 3. The van der Waals surface area contributed by atoms with Crippen LogP contribution in [0.4, 0.5) is 43.9 Å². The minimum Gasteiger partial charge on any atom is -0.454 e. The fourth-order valence-corrected chi connectivity index (χ4v) is 2.20. The molecular weight excluding hydrogens is 488 g/mol. The number of alkyl halides is 6. The molecule has 0 spiro atoms. The number of allylic oxidation sites excluding steroid dienone is 3. The predicted molar refractivity (Wildman–Crippen MR) is 130 cm³/mol. The van der Waals surface area contributed by atoms with Crippen molar-refractivity contribution in [3.05, 3.63) is 66.3 Å². The van der Waals surface area contributed by atoms with Crippen molar-refractivity contribution in [1.29, 1.82) is 0 Å². The molecule has 1 heterocycles. The molecule has 1 aromatic carbocycles. The van der Waals surface area contributed by atoms with E-state index in [0.29, 0.717) is 5.57 Å². The molecule has 6 nitrogen and oxygen atoms in total. The molecule has 0 saturated carbocycles. The number of rotatable bonds is 9. The van der Waals surface area contributed by atoms with Crippen molar-refractivity contribution < 1.29 is 31.1 Å². The molecule has 0 amide bonds. The maximum absolute atomic E-state index is 12.9. The zero-order valence-electron chi connectivity index (χ0n) is 20.8. The minimum atomic E-state index is -4.64. The summed E-state index contributed by atoms with van der Waals surface area (Å²) >= 11 is 0. The largest absolute Gasteiger partial charge is 0.454 e. The van der Waals surface area contributed by atoms with Crippen LogP contribution in [0.1, 0.15) is 40.2 Å². The van der Waals surface area contributed by atoms with Gasteiger partial charge in [-0.1, -0.05) is 64.6 Å². The molecule has 1 aromatic heterocycles. The van der Waals surface area contributed by atoms with Crippen molar-refractivity contribution in [3.8, 4) is 6.01 Å². The van der Waals surface area contributed by atoms with Gasteiger partial charge in [-0.25, -0.2) is 0 Å². The van der Waals surface area contributed by atoms with Crippen molar-refractivity contribution in [2.24, 2.45) is 0 Å². The summed E-state index contributed by atoms with van der Waals surface area (Å²) in [6.07, 6.45) is -2.39. The quantitative estimate of drug-likeness (QED) is 0.261. The summed E-state index contributed by atoms with van der Waals surface area (Å²) in [4.78, 5) is 11.4. The lowest BCUT2D eigenvalue weighted by Crippen LogP contribution is -2.21. The van der Waals surface area contributed by atoms with E-state index in [4.69, 9.17) is 0 Å². The third-order valence-electron chi connectivity index (χ3n) is 3.64. The molecule has 0 unspecified atom stereocenters. The normalized spacial score (nSPS) is 11.6. The lowest BCUT2D eigenvalue weighted by molar-refractivity contribution is -0.154. The Morgan fingerprint density at radius 2 is 1.64 bits per heavy atom. The monoisotopic (exact) mass is 519 g/mol. The smallest absolute Gasteiger partial charge is 0.422 e. The molecule has 0 aliphatic rings. The number of hydrogen-bond acceptors (Lipinski definition) is 6. The summed E-state index contributed by atoms with van der Waals surface area (Å²) in [6.45, 7) is 12.0. The zero-order chi connectivity index (χ0) is 27.8. The van der Waals surface area contributed by atoms with Gasteiger partial charge in [0.15, 0.2) is 6.61 Å². The van der Waals surface area contributed by atoms with Gasteiger partial charge in [0.2, 0.25) is 11.9 Å². The van der Waals surface area contributed by atoms with Crippen molar-refractivity contribution in [2.45, 2.75) is 47.0 Å². The molecule has 36 heavy (non-hydrogen) atoms. The maximum atomic E-state index is 12.9. The van der Waals surface area contributed by atoms with Crippen LogP contribution in [0, 0.1) is 0 Å². The van der Waals surface area contributed by atoms with Crippen molar-refractivity contribution in [1.82, 2.24) is 15.0 Å². The highest BCUT2D eigenvalue weighted by atomic mass is 19.4. The number of benzene rings is 1. The van der Waals surface area contributed by atoms with E-state index in [1.165, 1.54) is 6.07 Å². The number of aromatic nitrogens is 3. The van der Waals surface area contributed by atoms with Crippen LogP contribution < -0.4 is 15.4 Å². The SMILES string of the molecule is C=C/C(=C\C=C/C)CNc1nc(Nc2cccc(C(F)(F)F)c2)nc(OCC(F)(F)F)n1.CC.CC. The van der Waals surface area contributed by atoms with Crippen LogP contribution in [0.2, 0.25) is 0 Å². The van der Waals surface area contributed by atoms with E-state index in [1.54, 1.807) is 24.3 Å². The van der Waals surface area contributed by atoms with Crippen LogP contribution in [0.3, 0.4) is 0 Å². The fourth-order valence-electron chi connectivity index (χ4n) is 2.20. The molecule has 0 radical (unpaired) electrons. The van der Waals surface area contributed by atoms with E-state index in [-0.39, 0.29) is 24.1 Å². The fraction of sp³-hybridized carbons (Fsp3) is 0.375. The molecule has 0 atom stereocenters. The Labute approximate surface area is 207 Å². The third-order valence-corrected chi connectivity index (χ3v) is 3.64. The first-order chi connectivity index (χ1) is 17.0. The molecule has 0 saturated heterocycles. The highest BCUT2D eigenvalue weighted by Crippen LogP contribution is 2.31. The van der Waals surface area contributed by atoms with E-state index < -0.39 is 30.5 Å². The second-order valence-electron chi connectivity index (χ2n) is 6.20. The molecule has 0 bridgehead atoms. The minimum absolute atomic E-state index is 0.0292. The number of nitrogens with zero attached hydrogens (tertiary/aromatic N) is 3. The predicted octanol–water partition coefficient (Wildman–Crippen LogP) is 7.73. The summed E-state index contributed by atoms with van der Waals surface area (Å²) < 4.78 is 80.9. The number of halogens is 6. The third kappa shape index (κ3) is 12.8. The highest BCUT2D eigenvalue weighted by Gasteiger charge is 2.31. The number of nitrogens with one attached hydrogen (secondary N) is 2. The van der Waals surface area contributed by atoms with Crippen molar-refractivity contribution in [2.75, 3.05) is 23.8 Å². The molecule has 200 valence electrons. The summed E-state index contributed by atoms with van der Waals surface area (Å²) in [6, 6.07) is 3.50. The molecule has 12 heteroatoms. The van der Waals surface area contributed by atoms with Gasteiger partial charge in [0.25, 0.3) is 0 Å². The summed E-state index contributed by atoms with van der Waals surface area (Å²) in [5, 5.41) is 5.31. The van der Waals surface area contributed by atoms with E-state index >= 15 is 0 Å². The lowest BCUT2D eigenvalue weighted by atomic mass is 10.2. The van der Waals surface area contributed by atoms with Crippen LogP contribution in [0.25, 0.3) is 0 Å². The van der Waals surface area contributed by atoms with Crippen LogP contribution in [0.5, 0.6) is 6.01 Å². The van der Waals surface area contributed by atoms with Crippen LogP contribution in [-0.2, 0) is 6.18 Å². The van der Waals surface area contributed by atoms with Gasteiger partial charge in [-0.2, -0.15) is 41.3 Å². The van der Waals surface area contributed by atoms with Crippen LogP contribution in [0.15, 0.2) is 60.7 Å². The van der Waals surface area contributed by atoms with E-state index in [2.05, 4.69) is 36.9 Å². The van der Waals surface area contributed by atoms with Gasteiger partial charge in [-0.15, -0.1) is 0 Å². The van der Waals surface area contributed by atoms with Crippen LogP contribution in [-0.4, -0.2) is 34.3 Å². The van der Waals surface area contributed by atoms with E-state index in [9.17, 15) is 26.3 Å². The standard InChI is InChI=1S/C20H19F6N5O.2C2H6/c1-3-5-7-13(4-2)11-27-16-29-17(31-18(30-16)32-12-19(21,22)23)28-15-9-6-8-14(10-15)20(24,25)26;2*1-2/h3-10H,2,11-12H2,1H3,(H2,27,28,29,30,31);2*1-2H3/b5-3-,13-7+;;. The molecule has 2 rings (SSSR count). The topological polar surface area (TPSA) is 72.0 Å². The van der Waals surface area contributed by atoms with Gasteiger partial charge >= 0.3 is 18.4 Å². The first-order valence-electron chi connectivity index (χ1n) is 11.1. The Morgan fingerprint density at radius 3 is 2.19 bits per heavy atom. The lowest BCUT2D eigenvalue weighted by Gasteiger charge is -2.13. The number of ether oxygens (including phenoxy) is 1. The molecule has 0 aliphatic heterocycles. The molecule has 2 aromatic rings. The molecule has 2 N–H and O–H groups in total. The van der Waals surface area contributed by atoms with Gasteiger partial charge in [0.05, 0.1) is 5.56 Å². The zero-order valence-corrected chi connectivity index (χ0v) is 20.8.